The van der Waals surface area contributed by atoms with Gasteiger partial charge in [0, 0.05) is 30.9 Å². The number of thiazole rings is 1. The molecule has 0 radical (unpaired) electrons. The molecule has 0 saturated carbocycles. The van der Waals surface area contributed by atoms with E-state index in [1.165, 1.54) is 9.38 Å². The van der Waals surface area contributed by atoms with Crippen molar-refractivity contribution < 1.29 is 4.79 Å². The number of likely N-dealkylation sites (tertiary alicyclic amines) is 1. The van der Waals surface area contributed by atoms with Gasteiger partial charge in [0.2, 0.25) is 0 Å². The highest BCUT2D eigenvalue weighted by atomic mass is 32.1. The Hall–Kier alpha value is -3.06. The Morgan fingerprint density at radius 2 is 1.75 bits per heavy atom. The fraction of sp³-hybridized carbons (Fsp3) is 0.360. The van der Waals surface area contributed by atoms with Crippen molar-refractivity contribution in [2.45, 2.75) is 39.2 Å². The molecule has 4 aromatic rings. The maximum atomic E-state index is 13.5. The van der Waals surface area contributed by atoms with E-state index in [1.54, 1.807) is 17.4 Å². The van der Waals surface area contributed by atoms with Crippen molar-refractivity contribution in [3.8, 4) is 0 Å². The van der Waals surface area contributed by atoms with Crippen LogP contribution in [0.15, 0.2) is 53.3 Å². The van der Waals surface area contributed by atoms with Crippen molar-refractivity contribution in [3.05, 3.63) is 69.6 Å². The Morgan fingerprint density at radius 3 is 2.47 bits per heavy atom. The third kappa shape index (κ3) is 3.81. The van der Waals surface area contributed by atoms with Crippen LogP contribution in [0.25, 0.3) is 21.0 Å². The number of piperidine rings is 1. The van der Waals surface area contributed by atoms with Gasteiger partial charge in [-0.1, -0.05) is 44.2 Å². The quantitative estimate of drug-likeness (QED) is 0.456. The maximum absolute atomic E-state index is 13.5. The highest BCUT2D eigenvalue weighted by Gasteiger charge is 2.28. The Morgan fingerprint density at radius 1 is 1.06 bits per heavy atom. The Balaban J connectivity index is 1.40. The molecule has 1 aliphatic heterocycles. The van der Waals surface area contributed by atoms with Crippen LogP contribution in [0.3, 0.4) is 0 Å². The first kappa shape index (κ1) is 20.8. The van der Waals surface area contributed by atoms with Crippen molar-refractivity contribution >= 4 is 38.2 Å². The molecule has 3 heterocycles. The van der Waals surface area contributed by atoms with E-state index in [4.69, 9.17) is 4.98 Å². The Bertz CT molecular complexity index is 1320. The standard InChI is InChI=1S/C25H26N4O2S/c1-16(2)15-29-24(30)19-8-4-3-7-18(19)22(27-29)25(31)28-13-11-17(12-14-28)23-26-20-9-5-6-10-21(20)32-23/h3-10,16-17H,11-15H2,1-2H3. The van der Waals surface area contributed by atoms with Crippen LogP contribution in [0.5, 0.6) is 0 Å². The molecule has 6 nitrogen and oxygen atoms in total. The second-order valence-corrected chi connectivity index (χ2v) is 9.92. The maximum Gasteiger partial charge on any atom is 0.274 e. The third-order valence-corrected chi connectivity index (χ3v) is 7.25. The zero-order valence-electron chi connectivity index (χ0n) is 18.3. The first-order valence-corrected chi connectivity index (χ1v) is 12.0. The SMILES string of the molecule is CC(C)Cn1nc(C(=O)N2CCC(c3nc4ccccc4s3)CC2)c2ccccc2c1=O. The minimum Gasteiger partial charge on any atom is -0.337 e. The second-order valence-electron chi connectivity index (χ2n) is 8.86. The highest BCUT2D eigenvalue weighted by molar-refractivity contribution is 7.18. The zero-order valence-corrected chi connectivity index (χ0v) is 19.1. The number of hydrogen-bond donors (Lipinski definition) is 0. The number of rotatable bonds is 4. The molecule has 1 aliphatic rings. The number of amides is 1. The topological polar surface area (TPSA) is 68.1 Å². The molecule has 1 saturated heterocycles. The van der Waals surface area contributed by atoms with Gasteiger partial charge in [0.1, 0.15) is 0 Å². The lowest BCUT2D eigenvalue weighted by atomic mass is 9.97. The van der Waals surface area contributed by atoms with Crippen molar-refractivity contribution in [1.29, 1.82) is 0 Å². The van der Waals surface area contributed by atoms with Crippen LogP contribution in [0.4, 0.5) is 0 Å². The summed E-state index contributed by atoms with van der Waals surface area (Å²) in [6, 6.07) is 15.5. The van der Waals surface area contributed by atoms with Gasteiger partial charge >= 0.3 is 0 Å². The molecule has 1 fully saturated rings. The van der Waals surface area contributed by atoms with E-state index in [9.17, 15) is 9.59 Å². The number of benzene rings is 2. The van der Waals surface area contributed by atoms with E-state index in [0.717, 1.165) is 23.4 Å². The number of para-hydroxylation sites is 1. The second kappa shape index (κ2) is 8.47. The summed E-state index contributed by atoms with van der Waals surface area (Å²) < 4.78 is 2.66. The number of carbonyl (C=O) groups excluding carboxylic acids is 1. The van der Waals surface area contributed by atoms with Gasteiger partial charge in [-0.2, -0.15) is 5.10 Å². The van der Waals surface area contributed by atoms with Gasteiger partial charge in [-0.25, -0.2) is 9.67 Å². The molecule has 0 unspecified atom stereocenters. The molecule has 2 aromatic heterocycles. The molecule has 0 bridgehead atoms. The summed E-state index contributed by atoms with van der Waals surface area (Å²) in [5.41, 5.74) is 1.29. The lowest BCUT2D eigenvalue weighted by Gasteiger charge is -2.31. The minimum absolute atomic E-state index is 0.0959. The number of nitrogens with zero attached hydrogens (tertiary/aromatic N) is 4. The minimum atomic E-state index is -0.139. The summed E-state index contributed by atoms with van der Waals surface area (Å²) in [5, 5.41) is 6.87. The van der Waals surface area contributed by atoms with Gasteiger partial charge in [-0.15, -0.1) is 11.3 Å². The lowest BCUT2D eigenvalue weighted by Crippen LogP contribution is -2.39. The van der Waals surface area contributed by atoms with Gasteiger partial charge in [0.25, 0.3) is 11.5 Å². The number of hydrogen-bond acceptors (Lipinski definition) is 5. The van der Waals surface area contributed by atoms with Crippen LogP contribution in [-0.4, -0.2) is 38.7 Å². The average Bonchev–Trinajstić information content (AvgIpc) is 3.25. The van der Waals surface area contributed by atoms with Gasteiger partial charge in [0.15, 0.2) is 5.69 Å². The molecule has 5 rings (SSSR count). The van der Waals surface area contributed by atoms with E-state index >= 15 is 0 Å². The first-order chi connectivity index (χ1) is 15.5. The van der Waals surface area contributed by atoms with Crippen molar-refractivity contribution in [3.63, 3.8) is 0 Å². The van der Waals surface area contributed by atoms with Crippen LogP contribution >= 0.6 is 11.3 Å². The monoisotopic (exact) mass is 446 g/mol. The van der Waals surface area contributed by atoms with Crippen molar-refractivity contribution in [1.82, 2.24) is 19.7 Å². The first-order valence-electron chi connectivity index (χ1n) is 11.2. The summed E-state index contributed by atoms with van der Waals surface area (Å²) in [4.78, 5) is 33.0. The molecule has 0 atom stereocenters. The summed E-state index contributed by atoms with van der Waals surface area (Å²) in [6.07, 6.45) is 1.77. The molecular formula is C25H26N4O2S. The van der Waals surface area contributed by atoms with Gasteiger partial charge in [0.05, 0.1) is 20.6 Å². The normalized spacial score (nSPS) is 15.2. The summed E-state index contributed by atoms with van der Waals surface area (Å²) in [5.74, 6) is 0.534. The Labute approximate surface area is 190 Å². The van der Waals surface area contributed by atoms with Crippen molar-refractivity contribution in [2.75, 3.05) is 13.1 Å². The van der Waals surface area contributed by atoms with E-state index in [2.05, 4.69) is 17.2 Å². The van der Waals surface area contributed by atoms with Crippen LogP contribution in [0.1, 0.15) is 48.1 Å². The number of fused-ring (bicyclic) bond motifs is 2. The van der Waals surface area contributed by atoms with Gasteiger partial charge < -0.3 is 4.90 Å². The lowest BCUT2D eigenvalue weighted by molar-refractivity contribution is 0.0706. The predicted molar refractivity (Wildman–Crippen MR) is 128 cm³/mol. The van der Waals surface area contributed by atoms with Gasteiger partial charge in [-0.05, 0) is 37.0 Å². The largest absolute Gasteiger partial charge is 0.337 e. The molecule has 1 amide bonds. The van der Waals surface area contributed by atoms with Crippen LogP contribution in [-0.2, 0) is 6.54 Å². The summed E-state index contributed by atoms with van der Waals surface area (Å²) in [7, 11) is 0. The predicted octanol–water partition coefficient (Wildman–Crippen LogP) is 4.68. The van der Waals surface area contributed by atoms with E-state index in [0.29, 0.717) is 42.0 Å². The smallest absolute Gasteiger partial charge is 0.274 e. The zero-order chi connectivity index (χ0) is 22.2. The molecule has 0 N–H and O–H groups in total. The van der Waals surface area contributed by atoms with Crippen LogP contribution in [0.2, 0.25) is 0 Å². The molecule has 0 aliphatic carbocycles. The van der Waals surface area contributed by atoms with Crippen LogP contribution in [0, 0.1) is 5.92 Å². The highest BCUT2D eigenvalue weighted by Crippen LogP contribution is 2.34. The third-order valence-electron chi connectivity index (χ3n) is 6.05. The molecular weight excluding hydrogens is 420 g/mol. The van der Waals surface area contributed by atoms with E-state index in [1.807, 2.05) is 49.1 Å². The Kier molecular flexibility index (Phi) is 5.51. The van der Waals surface area contributed by atoms with Crippen molar-refractivity contribution in [2.24, 2.45) is 5.92 Å². The summed E-state index contributed by atoms with van der Waals surface area (Å²) in [6.45, 7) is 5.90. The number of aromatic nitrogens is 3. The fourth-order valence-corrected chi connectivity index (χ4v) is 5.54. The van der Waals surface area contributed by atoms with Crippen LogP contribution < -0.4 is 5.56 Å². The molecule has 2 aromatic carbocycles. The van der Waals surface area contributed by atoms with E-state index in [-0.39, 0.29) is 17.4 Å². The molecule has 0 spiro atoms. The number of carbonyl (C=O) groups is 1. The molecule has 164 valence electrons. The fourth-order valence-electron chi connectivity index (χ4n) is 4.41. The molecule has 32 heavy (non-hydrogen) atoms. The average molecular weight is 447 g/mol. The van der Waals surface area contributed by atoms with Gasteiger partial charge in [-0.3, -0.25) is 9.59 Å². The summed E-state index contributed by atoms with van der Waals surface area (Å²) >= 11 is 1.76. The molecule has 7 heteroatoms. The van der Waals surface area contributed by atoms with E-state index < -0.39 is 0 Å².